The predicted molar refractivity (Wildman–Crippen MR) is 83.4 cm³/mol. The Morgan fingerprint density at radius 2 is 1.40 bits per heavy atom. The molecule has 0 fully saturated rings. The Morgan fingerprint density at radius 3 is 1.85 bits per heavy atom. The van der Waals surface area contributed by atoms with E-state index >= 15 is 0 Å². The lowest BCUT2D eigenvalue weighted by Gasteiger charge is -2.18. The van der Waals surface area contributed by atoms with Crippen LogP contribution in [0, 0.1) is 13.8 Å². The molecular formula is C17H23N3. The van der Waals surface area contributed by atoms with Gasteiger partial charge in [0.1, 0.15) is 0 Å². The highest BCUT2D eigenvalue weighted by molar-refractivity contribution is 5.35. The SMILES string of the molecule is Cc1cc(C(NN)c2ccc(C(C)C)cc2)cc(C)n1. The first-order valence-electron chi connectivity index (χ1n) is 7.02. The molecule has 0 saturated heterocycles. The first-order valence-corrected chi connectivity index (χ1v) is 7.02. The molecule has 2 rings (SSSR count). The fourth-order valence-corrected chi connectivity index (χ4v) is 2.49. The first kappa shape index (κ1) is 14.7. The van der Waals surface area contributed by atoms with Crippen LogP contribution in [0.5, 0.6) is 0 Å². The lowest BCUT2D eigenvalue weighted by atomic mass is 9.95. The maximum Gasteiger partial charge on any atom is 0.0711 e. The summed E-state index contributed by atoms with van der Waals surface area (Å²) < 4.78 is 0. The normalized spacial score (nSPS) is 12.7. The van der Waals surface area contributed by atoms with Crippen molar-refractivity contribution in [2.45, 2.75) is 39.7 Å². The molecule has 106 valence electrons. The molecule has 0 aliphatic rings. The average molecular weight is 269 g/mol. The fourth-order valence-electron chi connectivity index (χ4n) is 2.49. The molecule has 1 aromatic heterocycles. The molecule has 3 nitrogen and oxygen atoms in total. The number of pyridine rings is 1. The smallest absolute Gasteiger partial charge is 0.0711 e. The summed E-state index contributed by atoms with van der Waals surface area (Å²) >= 11 is 0. The highest BCUT2D eigenvalue weighted by Gasteiger charge is 2.13. The Kier molecular flexibility index (Phi) is 4.53. The van der Waals surface area contributed by atoms with Crippen LogP contribution in [0.25, 0.3) is 0 Å². The molecule has 20 heavy (non-hydrogen) atoms. The van der Waals surface area contributed by atoms with E-state index in [1.54, 1.807) is 0 Å². The van der Waals surface area contributed by atoms with E-state index in [1.807, 2.05) is 13.8 Å². The number of hydrazine groups is 1. The van der Waals surface area contributed by atoms with Gasteiger partial charge in [-0.05, 0) is 48.6 Å². The average Bonchev–Trinajstić information content (AvgIpc) is 2.39. The molecule has 1 atom stereocenters. The molecule has 0 spiro atoms. The van der Waals surface area contributed by atoms with Crippen LogP contribution in [-0.2, 0) is 0 Å². The van der Waals surface area contributed by atoms with Gasteiger partial charge in [0.05, 0.1) is 6.04 Å². The second-order valence-electron chi connectivity index (χ2n) is 5.60. The van der Waals surface area contributed by atoms with E-state index in [9.17, 15) is 0 Å². The maximum absolute atomic E-state index is 5.76. The van der Waals surface area contributed by atoms with Gasteiger partial charge in [-0.1, -0.05) is 38.1 Å². The summed E-state index contributed by atoms with van der Waals surface area (Å²) in [4.78, 5) is 4.41. The first-order chi connectivity index (χ1) is 9.51. The molecule has 2 aromatic rings. The zero-order valence-electron chi connectivity index (χ0n) is 12.6. The monoisotopic (exact) mass is 269 g/mol. The number of aryl methyl sites for hydroxylation is 2. The standard InChI is InChI=1S/C17H23N3/c1-11(2)14-5-7-15(8-6-14)17(20-18)16-9-12(3)19-13(4)10-16/h5-11,17,20H,18H2,1-4H3. The van der Waals surface area contributed by atoms with E-state index in [4.69, 9.17) is 5.84 Å². The van der Waals surface area contributed by atoms with Crippen molar-refractivity contribution in [1.82, 2.24) is 10.4 Å². The fraction of sp³-hybridized carbons (Fsp3) is 0.353. The number of nitrogens with one attached hydrogen (secondary N) is 1. The summed E-state index contributed by atoms with van der Waals surface area (Å²) in [6.45, 7) is 8.41. The summed E-state index contributed by atoms with van der Waals surface area (Å²) in [5.41, 5.74) is 8.59. The van der Waals surface area contributed by atoms with Crippen LogP contribution in [0.2, 0.25) is 0 Å². The third kappa shape index (κ3) is 3.24. The lowest BCUT2D eigenvalue weighted by molar-refractivity contribution is 0.634. The van der Waals surface area contributed by atoms with Crippen LogP contribution in [-0.4, -0.2) is 4.98 Å². The van der Waals surface area contributed by atoms with Crippen molar-refractivity contribution in [3.8, 4) is 0 Å². The molecule has 3 heteroatoms. The number of nitrogens with zero attached hydrogens (tertiary/aromatic N) is 1. The number of hydrogen-bond acceptors (Lipinski definition) is 3. The lowest BCUT2D eigenvalue weighted by Crippen LogP contribution is -2.29. The third-order valence-corrected chi connectivity index (χ3v) is 3.54. The highest BCUT2D eigenvalue weighted by Crippen LogP contribution is 2.24. The summed E-state index contributed by atoms with van der Waals surface area (Å²) in [6.07, 6.45) is 0. The molecule has 0 aliphatic heterocycles. The number of rotatable bonds is 4. The summed E-state index contributed by atoms with van der Waals surface area (Å²) in [7, 11) is 0. The van der Waals surface area contributed by atoms with Gasteiger partial charge < -0.3 is 0 Å². The van der Waals surface area contributed by atoms with Gasteiger partial charge in [0.25, 0.3) is 0 Å². The molecular weight excluding hydrogens is 246 g/mol. The van der Waals surface area contributed by atoms with E-state index in [1.165, 1.54) is 11.1 Å². The molecule has 0 amide bonds. The van der Waals surface area contributed by atoms with E-state index in [-0.39, 0.29) is 6.04 Å². The Morgan fingerprint density at radius 1 is 0.900 bits per heavy atom. The Balaban J connectivity index is 2.36. The minimum Gasteiger partial charge on any atom is -0.271 e. The zero-order valence-corrected chi connectivity index (χ0v) is 12.6. The van der Waals surface area contributed by atoms with Crippen LogP contribution in [0.1, 0.15) is 53.9 Å². The Hall–Kier alpha value is -1.71. The van der Waals surface area contributed by atoms with Crippen molar-refractivity contribution in [2.75, 3.05) is 0 Å². The van der Waals surface area contributed by atoms with Crippen molar-refractivity contribution >= 4 is 0 Å². The van der Waals surface area contributed by atoms with Crippen molar-refractivity contribution in [3.63, 3.8) is 0 Å². The second-order valence-corrected chi connectivity index (χ2v) is 5.60. The molecule has 0 aliphatic carbocycles. The van der Waals surface area contributed by atoms with Crippen LogP contribution >= 0.6 is 0 Å². The highest BCUT2D eigenvalue weighted by atomic mass is 15.2. The maximum atomic E-state index is 5.76. The van der Waals surface area contributed by atoms with E-state index in [0.717, 1.165) is 17.0 Å². The number of benzene rings is 1. The Bertz CT molecular complexity index is 553. The van der Waals surface area contributed by atoms with Crippen molar-refractivity contribution < 1.29 is 0 Å². The number of hydrogen-bond donors (Lipinski definition) is 2. The minimum absolute atomic E-state index is 0.00314. The van der Waals surface area contributed by atoms with E-state index in [2.05, 4.69) is 60.7 Å². The van der Waals surface area contributed by atoms with Crippen LogP contribution < -0.4 is 11.3 Å². The zero-order chi connectivity index (χ0) is 14.7. The molecule has 0 bridgehead atoms. The summed E-state index contributed by atoms with van der Waals surface area (Å²) in [5, 5.41) is 0. The van der Waals surface area contributed by atoms with Crippen molar-refractivity contribution in [3.05, 3.63) is 64.5 Å². The van der Waals surface area contributed by atoms with Crippen LogP contribution in [0.3, 0.4) is 0 Å². The van der Waals surface area contributed by atoms with Gasteiger partial charge >= 0.3 is 0 Å². The Labute approximate surface area is 121 Å². The van der Waals surface area contributed by atoms with Crippen molar-refractivity contribution in [1.29, 1.82) is 0 Å². The molecule has 3 N–H and O–H groups in total. The van der Waals surface area contributed by atoms with Gasteiger partial charge in [-0.2, -0.15) is 0 Å². The second kappa shape index (κ2) is 6.16. The molecule has 0 saturated carbocycles. The number of nitrogens with two attached hydrogens (primary N) is 1. The molecule has 1 aromatic carbocycles. The minimum atomic E-state index is -0.00314. The van der Waals surface area contributed by atoms with E-state index in [0.29, 0.717) is 5.92 Å². The third-order valence-electron chi connectivity index (χ3n) is 3.54. The van der Waals surface area contributed by atoms with Gasteiger partial charge in [0.2, 0.25) is 0 Å². The molecule has 0 radical (unpaired) electrons. The number of aromatic nitrogens is 1. The van der Waals surface area contributed by atoms with Crippen LogP contribution in [0.4, 0.5) is 0 Å². The van der Waals surface area contributed by atoms with Gasteiger partial charge in [-0.25, -0.2) is 5.43 Å². The van der Waals surface area contributed by atoms with Crippen LogP contribution in [0.15, 0.2) is 36.4 Å². The largest absolute Gasteiger partial charge is 0.271 e. The molecule has 1 heterocycles. The van der Waals surface area contributed by atoms with E-state index < -0.39 is 0 Å². The van der Waals surface area contributed by atoms with Crippen molar-refractivity contribution in [2.24, 2.45) is 5.84 Å². The topological polar surface area (TPSA) is 50.9 Å². The van der Waals surface area contributed by atoms with Gasteiger partial charge in [-0.3, -0.25) is 10.8 Å². The molecule has 1 unspecified atom stereocenters. The predicted octanol–water partition coefficient (Wildman–Crippen LogP) is 3.37. The van der Waals surface area contributed by atoms with Gasteiger partial charge in [-0.15, -0.1) is 0 Å². The van der Waals surface area contributed by atoms with Gasteiger partial charge in [0, 0.05) is 11.4 Å². The summed E-state index contributed by atoms with van der Waals surface area (Å²) in [6, 6.07) is 12.8. The van der Waals surface area contributed by atoms with Gasteiger partial charge in [0.15, 0.2) is 0 Å². The quantitative estimate of drug-likeness (QED) is 0.661. The summed E-state index contributed by atoms with van der Waals surface area (Å²) in [5.74, 6) is 6.30.